The van der Waals surface area contributed by atoms with Gasteiger partial charge in [0.05, 0.1) is 11.8 Å². The van der Waals surface area contributed by atoms with Crippen LogP contribution in [0.25, 0.3) is 0 Å². The average Bonchev–Trinajstić information content (AvgIpc) is 3.27. The lowest BCUT2D eigenvalue weighted by Crippen LogP contribution is -2.39. The highest BCUT2D eigenvalue weighted by atomic mass is 16.2. The first kappa shape index (κ1) is 17.5. The highest BCUT2D eigenvalue weighted by Gasteiger charge is 2.51. The number of carbonyl (C=O) groups excluding carboxylic acids is 2. The summed E-state index contributed by atoms with van der Waals surface area (Å²) in [5.41, 5.74) is 3.66. The fourth-order valence-corrected chi connectivity index (χ4v) is 4.40. The van der Waals surface area contributed by atoms with Gasteiger partial charge in [-0.3, -0.25) is 9.59 Å². The van der Waals surface area contributed by atoms with Crippen molar-refractivity contribution in [3.05, 3.63) is 71.8 Å². The highest BCUT2D eigenvalue weighted by Crippen LogP contribution is 2.49. The normalized spacial score (nSPS) is 25.4. The zero-order chi connectivity index (χ0) is 19.0. The molecule has 4 unspecified atom stereocenters. The number of carbonyl (C=O) groups is 2. The van der Waals surface area contributed by atoms with E-state index in [0.717, 1.165) is 28.9 Å². The first-order valence-electron chi connectivity index (χ1n) is 9.46. The smallest absolute Gasteiger partial charge is 0.228 e. The van der Waals surface area contributed by atoms with Crippen molar-refractivity contribution in [3.63, 3.8) is 0 Å². The summed E-state index contributed by atoms with van der Waals surface area (Å²) in [4.78, 5) is 26.1. The van der Waals surface area contributed by atoms with Crippen LogP contribution >= 0.6 is 0 Å². The molecule has 0 aromatic heterocycles. The van der Waals surface area contributed by atoms with Gasteiger partial charge in [0.1, 0.15) is 0 Å². The number of allylic oxidation sites excluding steroid dienone is 2. The van der Waals surface area contributed by atoms with Gasteiger partial charge < -0.3 is 10.6 Å². The monoisotopic (exact) mass is 360 g/mol. The predicted octanol–water partition coefficient (Wildman–Crippen LogP) is 4.32. The van der Waals surface area contributed by atoms with E-state index >= 15 is 0 Å². The van der Waals surface area contributed by atoms with Gasteiger partial charge >= 0.3 is 0 Å². The molecule has 4 heteroatoms. The number of anilines is 2. The third-order valence-electron chi connectivity index (χ3n) is 5.87. The van der Waals surface area contributed by atoms with Crippen LogP contribution in [0.1, 0.15) is 17.5 Å². The van der Waals surface area contributed by atoms with E-state index in [2.05, 4.69) is 22.8 Å². The second-order valence-corrected chi connectivity index (χ2v) is 7.61. The van der Waals surface area contributed by atoms with Crippen LogP contribution in [0.3, 0.4) is 0 Å². The van der Waals surface area contributed by atoms with Crippen LogP contribution in [0.2, 0.25) is 0 Å². The zero-order valence-electron chi connectivity index (χ0n) is 15.6. The average molecular weight is 360 g/mol. The second kappa shape index (κ2) is 7.03. The van der Waals surface area contributed by atoms with Crippen molar-refractivity contribution in [2.45, 2.75) is 20.3 Å². The van der Waals surface area contributed by atoms with Gasteiger partial charge in [-0.2, -0.15) is 0 Å². The lowest BCUT2D eigenvalue weighted by atomic mass is 9.81. The minimum atomic E-state index is -0.330. The number of amides is 2. The number of hydrogen-bond donors (Lipinski definition) is 2. The van der Waals surface area contributed by atoms with Crippen molar-refractivity contribution < 1.29 is 9.59 Å². The van der Waals surface area contributed by atoms with E-state index in [9.17, 15) is 9.59 Å². The van der Waals surface area contributed by atoms with Crippen LogP contribution in [0.4, 0.5) is 11.4 Å². The number of aryl methyl sites for hydroxylation is 2. The lowest BCUT2D eigenvalue weighted by molar-refractivity contribution is -0.129. The number of fused-ring (bicyclic) bond motifs is 2. The largest absolute Gasteiger partial charge is 0.326 e. The van der Waals surface area contributed by atoms with E-state index in [1.165, 1.54) is 0 Å². The van der Waals surface area contributed by atoms with Gasteiger partial charge in [-0.05, 0) is 55.4 Å². The Balaban J connectivity index is 1.55. The Hall–Kier alpha value is -2.88. The van der Waals surface area contributed by atoms with E-state index in [1.54, 1.807) is 0 Å². The molecule has 0 aliphatic heterocycles. The van der Waals surface area contributed by atoms with Crippen LogP contribution < -0.4 is 10.6 Å². The Labute approximate surface area is 159 Å². The molecule has 27 heavy (non-hydrogen) atoms. The summed E-state index contributed by atoms with van der Waals surface area (Å²) in [6.45, 7) is 3.94. The molecule has 4 nitrogen and oxygen atoms in total. The van der Waals surface area contributed by atoms with Crippen molar-refractivity contribution >= 4 is 23.2 Å². The van der Waals surface area contributed by atoms with Gasteiger partial charge in [-0.25, -0.2) is 0 Å². The van der Waals surface area contributed by atoms with Crippen molar-refractivity contribution in [2.75, 3.05) is 10.6 Å². The minimum absolute atomic E-state index is 0.0638. The van der Waals surface area contributed by atoms with Gasteiger partial charge in [0.15, 0.2) is 0 Å². The van der Waals surface area contributed by atoms with Crippen LogP contribution in [0, 0.1) is 37.5 Å². The first-order chi connectivity index (χ1) is 13.0. The van der Waals surface area contributed by atoms with E-state index in [0.29, 0.717) is 0 Å². The van der Waals surface area contributed by atoms with Gasteiger partial charge in [0, 0.05) is 11.4 Å². The van der Waals surface area contributed by atoms with E-state index < -0.39 is 0 Å². The molecule has 2 aromatic carbocycles. The Bertz CT molecular complexity index is 845. The maximum absolute atomic E-state index is 13.1. The number of para-hydroxylation sites is 2. The van der Waals surface area contributed by atoms with Gasteiger partial charge in [-0.1, -0.05) is 48.6 Å². The minimum Gasteiger partial charge on any atom is -0.326 e. The molecule has 4 atom stereocenters. The molecule has 2 aromatic rings. The van der Waals surface area contributed by atoms with Gasteiger partial charge in [0.2, 0.25) is 11.8 Å². The molecular weight excluding hydrogens is 336 g/mol. The number of nitrogens with one attached hydrogen (secondary N) is 2. The lowest BCUT2D eigenvalue weighted by Gasteiger charge is -2.27. The van der Waals surface area contributed by atoms with Crippen molar-refractivity contribution in [2.24, 2.45) is 23.7 Å². The Morgan fingerprint density at radius 3 is 1.56 bits per heavy atom. The number of rotatable bonds is 4. The van der Waals surface area contributed by atoms with Crippen LogP contribution in [-0.2, 0) is 9.59 Å². The predicted molar refractivity (Wildman–Crippen MR) is 107 cm³/mol. The summed E-state index contributed by atoms with van der Waals surface area (Å²) in [5.74, 6) is -0.525. The summed E-state index contributed by atoms with van der Waals surface area (Å²) < 4.78 is 0. The fourth-order valence-electron chi connectivity index (χ4n) is 4.40. The van der Waals surface area contributed by atoms with Crippen LogP contribution in [0.15, 0.2) is 60.7 Å². The molecular formula is C23H24N2O2. The Morgan fingerprint density at radius 1 is 0.741 bits per heavy atom. The molecule has 138 valence electrons. The summed E-state index contributed by atoms with van der Waals surface area (Å²) in [6.07, 6.45) is 5.08. The van der Waals surface area contributed by atoms with E-state index in [-0.39, 0.29) is 35.5 Å². The molecule has 0 radical (unpaired) electrons. The second-order valence-electron chi connectivity index (χ2n) is 7.61. The van der Waals surface area contributed by atoms with Gasteiger partial charge in [0.25, 0.3) is 0 Å². The highest BCUT2D eigenvalue weighted by molar-refractivity contribution is 6.01. The number of hydrogen-bond acceptors (Lipinski definition) is 2. The number of benzene rings is 2. The SMILES string of the molecule is Cc1ccccc1NC(=O)C1C2C=CC(C2)C1C(=O)Nc1ccccc1C. The third kappa shape index (κ3) is 3.27. The molecule has 2 aliphatic rings. The Kier molecular flexibility index (Phi) is 4.56. The molecule has 2 aliphatic carbocycles. The molecule has 4 rings (SSSR count). The molecule has 2 N–H and O–H groups in total. The summed E-state index contributed by atoms with van der Waals surface area (Å²) >= 11 is 0. The van der Waals surface area contributed by atoms with Crippen LogP contribution in [-0.4, -0.2) is 11.8 Å². The molecule has 2 amide bonds. The maximum atomic E-state index is 13.1. The molecule has 0 spiro atoms. The maximum Gasteiger partial charge on any atom is 0.228 e. The van der Waals surface area contributed by atoms with Crippen molar-refractivity contribution in [3.8, 4) is 0 Å². The molecule has 0 saturated heterocycles. The fraction of sp³-hybridized carbons (Fsp3) is 0.304. The van der Waals surface area contributed by atoms with Crippen molar-refractivity contribution in [1.82, 2.24) is 0 Å². The molecule has 0 heterocycles. The summed E-state index contributed by atoms with van der Waals surface area (Å²) in [5, 5.41) is 6.09. The Morgan fingerprint density at radius 2 is 1.15 bits per heavy atom. The standard InChI is InChI=1S/C23H24N2O2/c1-14-7-3-5-9-18(14)24-22(26)20-16-11-12-17(13-16)21(20)23(27)25-19-10-6-4-8-15(19)2/h3-12,16-17,20-21H,13H2,1-2H3,(H,24,26)(H,25,27). The third-order valence-corrected chi connectivity index (χ3v) is 5.87. The zero-order valence-corrected chi connectivity index (χ0v) is 15.6. The van der Waals surface area contributed by atoms with E-state index in [4.69, 9.17) is 0 Å². The summed E-state index contributed by atoms with van der Waals surface area (Å²) in [7, 11) is 0. The topological polar surface area (TPSA) is 58.2 Å². The summed E-state index contributed by atoms with van der Waals surface area (Å²) in [6, 6.07) is 15.5. The van der Waals surface area contributed by atoms with E-state index in [1.807, 2.05) is 62.4 Å². The van der Waals surface area contributed by atoms with Crippen LogP contribution in [0.5, 0.6) is 0 Å². The van der Waals surface area contributed by atoms with Gasteiger partial charge in [-0.15, -0.1) is 0 Å². The van der Waals surface area contributed by atoms with Crippen molar-refractivity contribution in [1.29, 1.82) is 0 Å². The first-order valence-corrected chi connectivity index (χ1v) is 9.46. The molecule has 1 saturated carbocycles. The molecule has 1 fully saturated rings. The quantitative estimate of drug-likeness (QED) is 0.798. The molecule has 2 bridgehead atoms.